The summed E-state index contributed by atoms with van der Waals surface area (Å²) in [6.07, 6.45) is 3.67. The number of H-pyrrole nitrogens is 1. The minimum absolute atomic E-state index is 0.139. The van der Waals surface area contributed by atoms with Crippen molar-refractivity contribution in [2.24, 2.45) is 0 Å². The molecule has 0 aliphatic rings. The topological polar surface area (TPSA) is 62.7 Å². The zero-order valence-electron chi connectivity index (χ0n) is 13.2. The molecule has 5 nitrogen and oxygen atoms in total. The second kappa shape index (κ2) is 6.57. The summed E-state index contributed by atoms with van der Waals surface area (Å²) in [5, 5.41) is 8.25. The summed E-state index contributed by atoms with van der Waals surface area (Å²) < 4.78 is 2.78. The van der Waals surface area contributed by atoms with Gasteiger partial charge in [-0.2, -0.15) is 5.10 Å². The van der Waals surface area contributed by atoms with E-state index in [-0.39, 0.29) is 5.91 Å². The molecule has 0 saturated carbocycles. The predicted octanol–water partition coefficient (Wildman–Crippen LogP) is 4.05. The number of benzene rings is 2. The first-order valence-electron chi connectivity index (χ1n) is 7.84. The quantitative estimate of drug-likeness (QED) is 0.548. The average molecular weight is 395 g/mol. The minimum Gasteiger partial charge on any atom is -0.351 e. The highest BCUT2D eigenvalue weighted by molar-refractivity contribution is 9.10. The summed E-state index contributed by atoms with van der Waals surface area (Å²) in [6.45, 7) is 0.421. The summed E-state index contributed by atoms with van der Waals surface area (Å²) in [7, 11) is 0. The number of hydrogen-bond donors (Lipinski definition) is 2. The van der Waals surface area contributed by atoms with Crippen LogP contribution in [-0.2, 0) is 6.54 Å². The maximum atomic E-state index is 12.4. The Kier molecular flexibility index (Phi) is 4.11. The van der Waals surface area contributed by atoms with Gasteiger partial charge in [-0.1, -0.05) is 34.1 Å². The van der Waals surface area contributed by atoms with E-state index in [2.05, 4.69) is 31.3 Å². The van der Waals surface area contributed by atoms with E-state index in [9.17, 15) is 4.79 Å². The molecule has 0 aliphatic heterocycles. The van der Waals surface area contributed by atoms with Crippen LogP contribution >= 0.6 is 15.9 Å². The first-order valence-corrected chi connectivity index (χ1v) is 8.64. The highest BCUT2D eigenvalue weighted by Gasteiger charge is 2.10. The molecule has 0 spiro atoms. The monoisotopic (exact) mass is 394 g/mol. The fraction of sp³-hybridized carbons (Fsp3) is 0.0526. The van der Waals surface area contributed by atoms with Gasteiger partial charge < -0.3 is 10.3 Å². The van der Waals surface area contributed by atoms with E-state index >= 15 is 0 Å². The van der Waals surface area contributed by atoms with Crippen molar-refractivity contribution in [2.45, 2.75) is 6.54 Å². The molecule has 0 radical (unpaired) electrons. The van der Waals surface area contributed by atoms with Gasteiger partial charge in [0.2, 0.25) is 0 Å². The van der Waals surface area contributed by atoms with Crippen LogP contribution < -0.4 is 5.32 Å². The van der Waals surface area contributed by atoms with Crippen LogP contribution in [0.4, 0.5) is 0 Å². The van der Waals surface area contributed by atoms with E-state index < -0.39 is 0 Å². The van der Waals surface area contributed by atoms with Crippen molar-refractivity contribution < 1.29 is 4.79 Å². The third-order valence-corrected chi connectivity index (χ3v) is 4.43. The molecular formula is C19H15BrN4O. The summed E-state index contributed by atoms with van der Waals surface area (Å²) in [4.78, 5) is 15.5. The lowest BCUT2D eigenvalue weighted by molar-refractivity contribution is 0.0947. The fourth-order valence-corrected chi connectivity index (χ4v) is 3.06. The van der Waals surface area contributed by atoms with Gasteiger partial charge in [0, 0.05) is 33.7 Å². The van der Waals surface area contributed by atoms with Gasteiger partial charge in [-0.05, 0) is 36.4 Å². The zero-order valence-corrected chi connectivity index (χ0v) is 14.8. The smallest absolute Gasteiger partial charge is 0.267 e. The van der Waals surface area contributed by atoms with Crippen LogP contribution in [0.15, 0.2) is 71.5 Å². The first kappa shape index (κ1) is 15.7. The Hall–Kier alpha value is -2.86. The maximum Gasteiger partial charge on any atom is 0.267 e. The van der Waals surface area contributed by atoms with Crippen molar-refractivity contribution in [3.63, 3.8) is 0 Å². The number of carbonyl (C=O) groups is 1. The highest BCUT2D eigenvalue weighted by atomic mass is 79.9. The van der Waals surface area contributed by atoms with Crippen LogP contribution in [-0.4, -0.2) is 20.7 Å². The molecule has 25 heavy (non-hydrogen) atoms. The van der Waals surface area contributed by atoms with Gasteiger partial charge >= 0.3 is 0 Å². The standard InChI is InChI=1S/C19H15BrN4O/c20-15-6-7-17-14(8-15)9-18(23-17)19(25)21-10-13-11-22-24(12-13)16-4-2-1-3-5-16/h1-9,11-12,23H,10H2,(H,21,25). The second-order valence-corrected chi connectivity index (χ2v) is 6.64. The van der Waals surface area contributed by atoms with Crippen LogP contribution in [0.1, 0.15) is 16.1 Å². The zero-order chi connectivity index (χ0) is 17.2. The van der Waals surface area contributed by atoms with Crippen molar-refractivity contribution in [3.05, 3.63) is 82.7 Å². The number of amides is 1. The number of hydrogen-bond acceptors (Lipinski definition) is 2. The summed E-state index contributed by atoms with van der Waals surface area (Å²) in [6, 6.07) is 17.6. The van der Waals surface area contributed by atoms with Gasteiger partial charge in [0.1, 0.15) is 5.69 Å². The molecule has 2 aromatic carbocycles. The molecular weight excluding hydrogens is 380 g/mol. The number of para-hydroxylation sites is 1. The Morgan fingerprint density at radius 2 is 2.00 bits per heavy atom. The van der Waals surface area contributed by atoms with E-state index in [0.29, 0.717) is 12.2 Å². The van der Waals surface area contributed by atoms with Crippen molar-refractivity contribution in [3.8, 4) is 5.69 Å². The number of fused-ring (bicyclic) bond motifs is 1. The molecule has 124 valence electrons. The van der Waals surface area contributed by atoms with Gasteiger partial charge in [0.25, 0.3) is 5.91 Å². The Labute approximate surface area is 152 Å². The molecule has 6 heteroatoms. The van der Waals surface area contributed by atoms with Crippen molar-refractivity contribution in [1.29, 1.82) is 0 Å². The average Bonchev–Trinajstić information content (AvgIpc) is 3.27. The number of nitrogens with one attached hydrogen (secondary N) is 2. The van der Waals surface area contributed by atoms with E-state index in [1.54, 1.807) is 10.9 Å². The minimum atomic E-state index is -0.139. The van der Waals surface area contributed by atoms with Crippen molar-refractivity contribution >= 4 is 32.7 Å². The Morgan fingerprint density at radius 3 is 2.84 bits per heavy atom. The van der Waals surface area contributed by atoms with Gasteiger partial charge in [0.05, 0.1) is 11.9 Å². The molecule has 0 atom stereocenters. The van der Waals surface area contributed by atoms with E-state index in [0.717, 1.165) is 26.6 Å². The van der Waals surface area contributed by atoms with Crippen molar-refractivity contribution in [1.82, 2.24) is 20.1 Å². The SMILES string of the molecule is O=C(NCc1cnn(-c2ccccc2)c1)c1cc2cc(Br)ccc2[nH]1. The molecule has 2 N–H and O–H groups in total. The van der Waals surface area contributed by atoms with Crippen LogP contribution in [0.5, 0.6) is 0 Å². The van der Waals surface area contributed by atoms with Crippen LogP contribution in [0, 0.1) is 0 Å². The van der Waals surface area contributed by atoms with Crippen LogP contribution in [0.25, 0.3) is 16.6 Å². The molecule has 4 rings (SSSR count). The first-order chi connectivity index (χ1) is 12.2. The lowest BCUT2D eigenvalue weighted by atomic mass is 10.2. The Bertz CT molecular complexity index is 1040. The molecule has 0 unspecified atom stereocenters. The number of aromatic amines is 1. The molecule has 4 aromatic rings. The Morgan fingerprint density at radius 1 is 1.16 bits per heavy atom. The molecule has 0 bridgehead atoms. The van der Waals surface area contributed by atoms with Crippen LogP contribution in [0.2, 0.25) is 0 Å². The second-order valence-electron chi connectivity index (χ2n) is 5.73. The van der Waals surface area contributed by atoms with E-state index in [4.69, 9.17) is 0 Å². The van der Waals surface area contributed by atoms with Crippen LogP contribution in [0.3, 0.4) is 0 Å². The lowest BCUT2D eigenvalue weighted by Gasteiger charge is -2.01. The van der Waals surface area contributed by atoms with Gasteiger partial charge in [-0.3, -0.25) is 4.79 Å². The number of rotatable bonds is 4. The van der Waals surface area contributed by atoms with Gasteiger partial charge in [-0.25, -0.2) is 4.68 Å². The number of carbonyl (C=O) groups excluding carboxylic acids is 1. The van der Waals surface area contributed by atoms with E-state index in [1.807, 2.05) is 60.8 Å². The molecule has 2 aromatic heterocycles. The lowest BCUT2D eigenvalue weighted by Crippen LogP contribution is -2.22. The number of nitrogens with zero attached hydrogens (tertiary/aromatic N) is 2. The van der Waals surface area contributed by atoms with Gasteiger partial charge in [0.15, 0.2) is 0 Å². The summed E-state index contributed by atoms with van der Waals surface area (Å²) >= 11 is 3.44. The van der Waals surface area contributed by atoms with E-state index in [1.165, 1.54) is 0 Å². The number of aromatic nitrogens is 3. The third kappa shape index (κ3) is 3.34. The fourth-order valence-electron chi connectivity index (χ4n) is 2.68. The predicted molar refractivity (Wildman–Crippen MR) is 101 cm³/mol. The van der Waals surface area contributed by atoms with Gasteiger partial charge in [-0.15, -0.1) is 0 Å². The molecule has 1 amide bonds. The number of halogens is 1. The largest absolute Gasteiger partial charge is 0.351 e. The maximum absolute atomic E-state index is 12.4. The summed E-state index contributed by atoms with van der Waals surface area (Å²) in [5.74, 6) is -0.139. The van der Waals surface area contributed by atoms with Crippen molar-refractivity contribution in [2.75, 3.05) is 0 Å². The normalized spacial score (nSPS) is 10.9. The molecule has 0 aliphatic carbocycles. The highest BCUT2D eigenvalue weighted by Crippen LogP contribution is 2.20. The Balaban J connectivity index is 1.45. The third-order valence-electron chi connectivity index (χ3n) is 3.94. The summed E-state index contributed by atoms with van der Waals surface area (Å²) in [5.41, 5.74) is 3.41. The molecule has 0 saturated heterocycles. The molecule has 2 heterocycles. The molecule has 0 fully saturated rings.